The standard InChI is InChI=1S/C6H10N2O3/c1-4-2-3-8(5(4)9)11-6(7)10/h4H,2-3H2,1H3,(H2,7,10)/t4-/m1/s1. The highest BCUT2D eigenvalue weighted by atomic mass is 16.7. The van der Waals surface area contributed by atoms with Crippen molar-refractivity contribution in [3.63, 3.8) is 0 Å². The summed E-state index contributed by atoms with van der Waals surface area (Å²) in [5.41, 5.74) is 4.72. The lowest BCUT2D eigenvalue weighted by molar-refractivity contribution is -0.159. The molecule has 0 aromatic rings. The maximum atomic E-state index is 11.0. The van der Waals surface area contributed by atoms with E-state index in [0.29, 0.717) is 13.0 Å². The van der Waals surface area contributed by atoms with Crippen molar-refractivity contribution >= 4 is 12.0 Å². The Morgan fingerprint density at radius 3 is 2.82 bits per heavy atom. The molecule has 5 nitrogen and oxygen atoms in total. The predicted octanol–water partition coefficient (Wildman–Crippen LogP) is -0.135. The van der Waals surface area contributed by atoms with Crippen LogP contribution in [-0.4, -0.2) is 23.6 Å². The number of hydrogen-bond donors (Lipinski definition) is 1. The van der Waals surface area contributed by atoms with Crippen molar-refractivity contribution in [1.82, 2.24) is 5.06 Å². The topological polar surface area (TPSA) is 72.6 Å². The van der Waals surface area contributed by atoms with Gasteiger partial charge in [0.2, 0.25) is 0 Å². The van der Waals surface area contributed by atoms with Crippen molar-refractivity contribution in [3.05, 3.63) is 0 Å². The summed E-state index contributed by atoms with van der Waals surface area (Å²) in [6, 6.07) is 0. The molecule has 1 heterocycles. The van der Waals surface area contributed by atoms with Crippen LogP contribution in [0.5, 0.6) is 0 Å². The number of carbonyl (C=O) groups excluding carboxylic acids is 2. The first-order valence-corrected chi connectivity index (χ1v) is 3.40. The number of carbonyl (C=O) groups is 2. The van der Waals surface area contributed by atoms with Gasteiger partial charge < -0.3 is 10.6 Å². The zero-order chi connectivity index (χ0) is 8.43. The molecular weight excluding hydrogens is 148 g/mol. The molecule has 1 aliphatic rings. The van der Waals surface area contributed by atoms with E-state index in [2.05, 4.69) is 4.84 Å². The van der Waals surface area contributed by atoms with E-state index < -0.39 is 6.09 Å². The molecule has 1 fully saturated rings. The predicted molar refractivity (Wildman–Crippen MR) is 36.2 cm³/mol. The van der Waals surface area contributed by atoms with Gasteiger partial charge in [0.1, 0.15) is 0 Å². The van der Waals surface area contributed by atoms with Gasteiger partial charge in [-0.25, -0.2) is 4.79 Å². The summed E-state index contributed by atoms with van der Waals surface area (Å²) >= 11 is 0. The minimum Gasteiger partial charge on any atom is -0.333 e. The van der Waals surface area contributed by atoms with Gasteiger partial charge in [-0.15, -0.1) is 0 Å². The Morgan fingerprint density at radius 2 is 2.45 bits per heavy atom. The summed E-state index contributed by atoms with van der Waals surface area (Å²) in [7, 11) is 0. The van der Waals surface area contributed by atoms with E-state index in [1.165, 1.54) is 0 Å². The quantitative estimate of drug-likeness (QED) is 0.577. The second-order valence-corrected chi connectivity index (χ2v) is 2.54. The fourth-order valence-electron chi connectivity index (χ4n) is 0.990. The zero-order valence-electron chi connectivity index (χ0n) is 6.24. The normalized spacial score (nSPS) is 23.9. The summed E-state index contributed by atoms with van der Waals surface area (Å²) in [6.07, 6.45) is -0.223. The molecule has 1 aliphatic heterocycles. The van der Waals surface area contributed by atoms with Crippen molar-refractivity contribution in [2.24, 2.45) is 11.7 Å². The molecule has 0 aromatic heterocycles. The molecule has 5 heteroatoms. The molecule has 0 unspecified atom stereocenters. The minimum absolute atomic E-state index is 0.0608. The molecule has 0 radical (unpaired) electrons. The van der Waals surface area contributed by atoms with E-state index in [4.69, 9.17) is 5.73 Å². The Bertz CT molecular complexity index is 192. The fraction of sp³-hybridized carbons (Fsp3) is 0.667. The van der Waals surface area contributed by atoms with Crippen molar-refractivity contribution in [3.8, 4) is 0 Å². The molecule has 0 spiro atoms. The molecule has 1 atom stereocenters. The van der Waals surface area contributed by atoms with E-state index in [9.17, 15) is 9.59 Å². The summed E-state index contributed by atoms with van der Waals surface area (Å²) in [5, 5.41) is 1.01. The number of rotatable bonds is 1. The van der Waals surface area contributed by atoms with Gasteiger partial charge in [0.25, 0.3) is 5.91 Å². The molecule has 0 aromatic carbocycles. The summed E-state index contributed by atoms with van der Waals surface area (Å²) < 4.78 is 0. The second-order valence-electron chi connectivity index (χ2n) is 2.54. The summed E-state index contributed by atoms with van der Waals surface area (Å²) in [6.45, 7) is 2.23. The Morgan fingerprint density at radius 1 is 1.82 bits per heavy atom. The minimum atomic E-state index is -0.938. The third-order valence-electron chi connectivity index (χ3n) is 1.63. The number of hydrogen-bond acceptors (Lipinski definition) is 3. The van der Waals surface area contributed by atoms with Crippen LogP contribution >= 0.6 is 0 Å². The van der Waals surface area contributed by atoms with Crippen molar-refractivity contribution in [1.29, 1.82) is 0 Å². The van der Waals surface area contributed by atoms with Crippen LogP contribution in [0.3, 0.4) is 0 Å². The highest BCUT2D eigenvalue weighted by Crippen LogP contribution is 2.16. The zero-order valence-corrected chi connectivity index (χ0v) is 6.24. The molecule has 0 aliphatic carbocycles. The van der Waals surface area contributed by atoms with Crippen LogP contribution in [0.2, 0.25) is 0 Å². The van der Waals surface area contributed by atoms with E-state index in [0.717, 1.165) is 5.06 Å². The number of nitrogens with two attached hydrogens (primary N) is 1. The molecule has 2 N–H and O–H groups in total. The molecule has 0 bridgehead atoms. The smallest absolute Gasteiger partial charge is 0.333 e. The highest BCUT2D eigenvalue weighted by Gasteiger charge is 2.30. The third kappa shape index (κ3) is 1.60. The van der Waals surface area contributed by atoms with Crippen LogP contribution in [0.25, 0.3) is 0 Å². The maximum absolute atomic E-state index is 11.0. The van der Waals surface area contributed by atoms with Gasteiger partial charge in [-0.3, -0.25) is 4.79 Å². The number of amides is 2. The lowest BCUT2D eigenvalue weighted by Gasteiger charge is -2.12. The average molecular weight is 158 g/mol. The first kappa shape index (κ1) is 7.84. The molecule has 1 saturated heterocycles. The fourth-order valence-corrected chi connectivity index (χ4v) is 0.990. The maximum Gasteiger partial charge on any atom is 0.429 e. The summed E-state index contributed by atoms with van der Waals surface area (Å²) in [4.78, 5) is 25.7. The molecule has 0 saturated carbocycles. The van der Waals surface area contributed by atoms with E-state index in [1.54, 1.807) is 6.92 Å². The van der Waals surface area contributed by atoms with E-state index >= 15 is 0 Å². The third-order valence-corrected chi connectivity index (χ3v) is 1.63. The molecule has 11 heavy (non-hydrogen) atoms. The number of primary amides is 1. The van der Waals surface area contributed by atoms with E-state index in [-0.39, 0.29) is 11.8 Å². The molecule has 62 valence electrons. The van der Waals surface area contributed by atoms with Crippen LogP contribution in [0, 0.1) is 5.92 Å². The Balaban J connectivity index is 2.49. The van der Waals surface area contributed by atoms with Crippen LogP contribution in [0.1, 0.15) is 13.3 Å². The molecule has 2 amide bonds. The Kier molecular flexibility index (Phi) is 1.98. The van der Waals surface area contributed by atoms with Crippen molar-refractivity contribution < 1.29 is 14.4 Å². The van der Waals surface area contributed by atoms with Gasteiger partial charge in [-0.1, -0.05) is 6.92 Å². The summed E-state index contributed by atoms with van der Waals surface area (Å²) in [5.74, 6) is -0.238. The van der Waals surface area contributed by atoms with Gasteiger partial charge in [0.05, 0.1) is 6.54 Å². The largest absolute Gasteiger partial charge is 0.429 e. The van der Waals surface area contributed by atoms with Crippen molar-refractivity contribution in [2.45, 2.75) is 13.3 Å². The van der Waals surface area contributed by atoms with Crippen molar-refractivity contribution in [2.75, 3.05) is 6.54 Å². The van der Waals surface area contributed by atoms with Gasteiger partial charge >= 0.3 is 6.09 Å². The molecule has 1 rings (SSSR count). The SMILES string of the molecule is C[C@@H]1CCN(OC(N)=O)C1=O. The van der Waals surface area contributed by atoms with Crippen LogP contribution < -0.4 is 5.73 Å². The monoisotopic (exact) mass is 158 g/mol. The van der Waals surface area contributed by atoms with E-state index in [1.807, 2.05) is 0 Å². The van der Waals surface area contributed by atoms with Gasteiger partial charge in [0, 0.05) is 5.92 Å². The second kappa shape index (κ2) is 2.77. The van der Waals surface area contributed by atoms with Gasteiger partial charge in [-0.2, -0.15) is 5.06 Å². The number of hydroxylamine groups is 2. The lowest BCUT2D eigenvalue weighted by Crippen LogP contribution is -2.32. The van der Waals surface area contributed by atoms with Gasteiger partial charge in [0.15, 0.2) is 0 Å². The Hall–Kier alpha value is -1.26. The first-order valence-electron chi connectivity index (χ1n) is 3.40. The van der Waals surface area contributed by atoms with Crippen LogP contribution in [-0.2, 0) is 9.63 Å². The lowest BCUT2D eigenvalue weighted by atomic mass is 10.1. The van der Waals surface area contributed by atoms with Gasteiger partial charge in [-0.05, 0) is 6.42 Å². The average Bonchev–Trinajstić information content (AvgIpc) is 2.18. The Labute approximate surface area is 64.0 Å². The van der Waals surface area contributed by atoms with Crippen LogP contribution in [0.4, 0.5) is 4.79 Å². The first-order chi connectivity index (χ1) is 5.11. The van der Waals surface area contributed by atoms with Crippen LogP contribution in [0.15, 0.2) is 0 Å². The molecular formula is C6H10N2O3. The highest BCUT2D eigenvalue weighted by molar-refractivity contribution is 5.80. The number of nitrogens with zero attached hydrogens (tertiary/aromatic N) is 1.